The van der Waals surface area contributed by atoms with E-state index in [0.29, 0.717) is 22.2 Å². The van der Waals surface area contributed by atoms with Gasteiger partial charge in [-0.3, -0.25) is 9.59 Å². The Morgan fingerprint density at radius 3 is 2.76 bits per heavy atom. The van der Waals surface area contributed by atoms with Crippen LogP contribution in [0.2, 0.25) is 5.02 Å². The maximum Gasteiger partial charge on any atom is 0.228 e. The third-order valence-electron chi connectivity index (χ3n) is 4.50. The number of nitrogens with one attached hydrogen (secondary N) is 2. The van der Waals surface area contributed by atoms with Crippen LogP contribution in [0.15, 0.2) is 46.2 Å². The Morgan fingerprint density at radius 1 is 1.28 bits per heavy atom. The minimum Gasteiger partial charge on any atom is -0.325 e. The van der Waals surface area contributed by atoms with Gasteiger partial charge < -0.3 is 10.6 Å². The quantitative estimate of drug-likeness (QED) is 0.711. The number of anilines is 2. The van der Waals surface area contributed by atoms with Gasteiger partial charge in [0.1, 0.15) is 0 Å². The fraction of sp³-hybridized carbons (Fsp3) is 0.300. The summed E-state index contributed by atoms with van der Waals surface area (Å²) in [7, 11) is -3.70. The number of sulfone groups is 1. The number of hydrogen-bond acceptors (Lipinski definition) is 5. The van der Waals surface area contributed by atoms with Crippen molar-refractivity contribution in [2.24, 2.45) is 5.92 Å². The van der Waals surface area contributed by atoms with Gasteiger partial charge in [0, 0.05) is 23.0 Å². The van der Waals surface area contributed by atoms with E-state index in [0.717, 1.165) is 10.5 Å². The Hall–Kier alpha value is -2.03. The molecular formula is C20H21ClN2O4S2. The van der Waals surface area contributed by atoms with Crippen molar-refractivity contribution in [3.63, 3.8) is 0 Å². The Balaban J connectivity index is 1.69. The van der Waals surface area contributed by atoms with Crippen LogP contribution in [0.3, 0.4) is 0 Å². The normalized spacial score (nSPS) is 16.5. The molecule has 1 aliphatic rings. The molecule has 0 aromatic heterocycles. The number of fused-ring (bicyclic) bond motifs is 1. The fourth-order valence-electron chi connectivity index (χ4n) is 2.75. The van der Waals surface area contributed by atoms with Crippen molar-refractivity contribution in [1.82, 2.24) is 0 Å². The minimum absolute atomic E-state index is 0.0767. The Labute approximate surface area is 179 Å². The second kappa shape index (κ2) is 8.77. The Bertz CT molecular complexity index is 1070. The summed E-state index contributed by atoms with van der Waals surface area (Å²) in [4.78, 5) is 25.1. The molecule has 6 nitrogen and oxygen atoms in total. The smallest absolute Gasteiger partial charge is 0.228 e. The summed E-state index contributed by atoms with van der Waals surface area (Å²) in [5.41, 5.74) is 1.89. The van der Waals surface area contributed by atoms with Gasteiger partial charge >= 0.3 is 0 Å². The Kier molecular flexibility index (Phi) is 6.55. The number of amides is 2. The van der Waals surface area contributed by atoms with E-state index in [1.165, 1.54) is 23.9 Å². The number of rotatable bonds is 5. The van der Waals surface area contributed by atoms with Crippen LogP contribution in [0.25, 0.3) is 0 Å². The molecular weight excluding hydrogens is 432 g/mol. The van der Waals surface area contributed by atoms with Gasteiger partial charge in [0.2, 0.25) is 11.8 Å². The first-order chi connectivity index (χ1) is 13.7. The average Bonchev–Trinajstić information content (AvgIpc) is 2.80. The lowest BCUT2D eigenvalue weighted by Gasteiger charge is -2.11. The van der Waals surface area contributed by atoms with E-state index in [1.54, 1.807) is 24.3 Å². The van der Waals surface area contributed by atoms with Gasteiger partial charge in [0.05, 0.1) is 27.0 Å². The molecule has 1 heterocycles. The first-order valence-electron chi connectivity index (χ1n) is 9.02. The summed E-state index contributed by atoms with van der Waals surface area (Å²) < 4.78 is 25.4. The molecule has 2 aromatic carbocycles. The first-order valence-corrected chi connectivity index (χ1v) is 12.0. The van der Waals surface area contributed by atoms with E-state index in [2.05, 4.69) is 10.6 Å². The summed E-state index contributed by atoms with van der Waals surface area (Å²) in [5, 5.41) is 5.81. The lowest BCUT2D eigenvalue weighted by molar-refractivity contribution is -0.118. The summed E-state index contributed by atoms with van der Waals surface area (Å²) >= 11 is 7.60. The van der Waals surface area contributed by atoms with E-state index in [9.17, 15) is 18.0 Å². The van der Waals surface area contributed by atoms with Crippen LogP contribution in [0.1, 0.15) is 18.9 Å². The number of carbonyl (C=O) groups is 2. The van der Waals surface area contributed by atoms with Gasteiger partial charge in [-0.2, -0.15) is 0 Å². The lowest BCUT2D eigenvalue weighted by Crippen LogP contribution is -2.20. The number of thioether (sulfide) groups is 1. The monoisotopic (exact) mass is 452 g/mol. The van der Waals surface area contributed by atoms with Gasteiger partial charge in [-0.15, -0.1) is 11.8 Å². The second-order valence-corrected chi connectivity index (χ2v) is 10.5. The molecule has 3 rings (SSSR count). The number of carbonyl (C=O) groups excluding carboxylic acids is 2. The third-order valence-corrected chi connectivity index (χ3v) is 7.86. The van der Waals surface area contributed by atoms with E-state index < -0.39 is 15.7 Å². The molecule has 0 bridgehead atoms. The zero-order chi connectivity index (χ0) is 21.2. The summed E-state index contributed by atoms with van der Waals surface area (Å²) in [5.74, 6) is -0.456. The van der Waals surface area contributed by atoms with Crippen LogP contribution in [-0.2, 0) is 19.4 Å². The van der Waals surface area contributed by atoms with E-state index >= 15 is 0 Å². The lowest BCUT2D eigenvalue weighted by atomic mass is 10.2. The molecule has 154 valence electrons. The average molecular weight is 453 g/mol. The molecule has 0 fully saturated rings. The zero-order valence-corrected chi connectivity index (χ0v) is 18.4. The molecule has 0 spiro atoms. The van der Waals surface area contributed by atoms with Gasteiger partial charge in [-0.1, -0.05) is 24.6 Å². The molecule has 2 N–H and O–H groups in total. The Morgan fingerprint density at radius 2 is 2.03 bits per heavy atom. The van der Waals surface area contributed by atoms with Gasteiger partial charge in [0.15, 0.2) is 9.84 Å². The number of aryl methyl sites for hydroxylation is 1. The van der Waals surface area contributed by atoms with Crippen LogP contribution in [0, 0.1) is 12.8 Å². The van der Waals surface area contributed by atoms with Crippen molar-refractivity contribution >= 4 is 56.4 Å². The fourth-order valence-corrected chi connectivity index (χ4v) is 5.31. The van der Waals surface area contributed by atoms with Crippen LogP contribution < -0.4 is 10.6 Å². The highest BCUT2D eigenvalue weighted by molar-refractivity contribution is 7.99. The predicted molar refractivity (Wildman–Crippen MR) is 116 cm³/mol. The van der Waals surface area contributed by atoms with Gasteiger partial charge in [-0.05, 0) is 42.8 Å². The highest BCUT2D eigenvalue weighted by atomic mass is 35.5. The van der Waals surface area contributed by atoms with Crippen molar-refractivity contribution in [3.8, 4) is 0 Å². The second-order valence-electron chi connectivity index (χ2n) is 6.96. The molecule has 0 aliphatic carbocycles. The number of halogens is 1. The molecule has 0 saturated carbocycles. The van der Waals surface area contributed by atoms with Crippen LogP contribution >= 0.6 is 23.4 Å². The summed E-state index contributed by atoms with van der Waals surface area (Å²) in [6.07, 6.45) is -0.207. The van der Waals surface area contributed by atoms with E-state index in [-0.39, 0.29) is 28.9 Å². The highest BCUT2D eigenvalue weighted by Crippen LogP contribution is 2.34. The SMILES string of the molecule is Cc1ccc(NC(=O)CCS(=O)(=O)c2ccc3c(c2)NC(=O)[C@@H](C)CS3)c(Cl)c1. The summed E-state index contributed by atoms with van der Waals surface area (Å²) in [6.45, 7) is 3.71. The van der Waals surface area contributed by atoms with Crippen molar-refractivity contribution < 1.29 is 18.0 Å². The molecule has 1 atom stereocenters. The topological polar surface area (TPSA) is 92.3 Å². The maximum atomic E-state index is 12.7. The largest absolute Gasteiger partial charge is 0.325 e. The molecule has 0 saturated heterocycles. The molecule has 1 aliphatic heterocycles. The van der Waals surface area contributed by atoms with Crippen molar-refractivity contribution in [2.75, 3.05) is 22.1 Å². The molecule has 2 aromatic rings. The molecule has 0 unspecified atom stereocenters. The molecule has 29 heavy (non-hydrogen) atoms. The molecule has 2 amide bonds. The van der Waals surface area contributed by atoms with Crippen LogP contribution in [0.5, 0.6) is 0 Å². The molecule has 0 radical (unpaired) electrons. The minimum atomic E-state index is -3.70. The van der Waals surface area contributed by atoms with Crippen LogP contribution in [-0.4, -0.2) is 31.7 Å². The molecule has 9 heteroatoms. The first kappa shape index (κ1) is 21.7. The maximum absolute atomic E-state index is 12.7. The van der Waals surface area contributed by atoms with Crippen LogP contribution in [0.4, 0.5) is 11.4 Å². The van der Waals surface area contributed by atoms with Gasteiger partial charge in [0.25, 0.3) is 0 Å². The van der Waals surface area contributed by atoms with Crippen molar-refractivity contribution in [2.45, 2.75) is 30.1 Å². The van der Waals surface area contributed by atoms with E-state index in [1.807, 2.05) is 13.8 Å². The standard InChI is InChI=1S/C20H21ClN2O4S2/c1-12-3-5-16(15(21)9-12)22-19(24)7-8-29(26,27)14-4-6-18-17(10-14)23-20(25)13(2)11-28-18/h3-6,9-10,13H,7-8,11H2,1-2H3,(H,22,24)(H,23,25)/t13-/m0/s1. The van der Waals surface area contributed by atoms with Gasteiger partial charge in [-0.25, -0.2) is 8.42 Å². The third kappa shape index (κ3) is 5.32. The van der Waals surface area contributed by atoms with E-state index in [4.69, 9.17) is 11.6 Å². The summed E-state index contributed by atoms with van der Waals surface area (Å²) in [6, 6.07) is 9.87. The van der Waals surface area contributed by atoms with Crippen molar-refractivity contribution in [1.29, 1.82) is 0 Å². The zero-order valence-electron chi connectivity index (χ0n) is 16.0. The number of benzene rings is 2. The predicted octanol–water partition coefficient (Wildman–Crippen LogP) is 4.13. The van der Waals surface area contributed by atoms with Crippen molar-refractivity contribution in [3.05, 3.63) is 47.0 Å². The highest BCUT2D eigenvalue weighted by Gasteiger charge is 2.23. The number of hydrogen-bond donors (Lipinski definition) is 2.